The molecule has 0 unspecified atom stereocenters. The van der Waals surface area contributed by atoms with Gasteiger partial charge >= 0.3 is 0 Å². The Morgan fingerprint density at radius 3 is 2.92 bits per heavy atom. The molecule has 0 spiro atoms. The number of hydrogen-bond donors (Lipinski definition) is 5. The highest BCUT2D eigenvalue weighted by Gasteiger charge is 2.19. The third-order valence-electron chi connectivity index (χ3n) is 3.96. The summed E-state index contributed by atoms with van der Waals surface area (Å²) in [5.41, 5.74) is 7.73. The number of nitrogens with zero attached hydrogens (tertiary/aromatic N) is 1. The van der Waals surface area contributed by atoms with E-state index in [1.54, 1.807) is 7.11 Å². The lowest BCUT2D eigenvalue weighted by Gasteiger charge is -2.15. The Hall–Kier alpha value is -2.84. The predicted molar refractivity (Wildman–Crippen MR) is 101 cm³/mol. The number of aryl methyl sites for hydroxylation is 1. The maximum atomic E-state index is 14.7. The molecule has 3 aromatic rings. The van der Waals surface area contributed by atoms with Gasteiger partial charge in [-0.25, -0.2) is 9.37 Å². The van der Waals surface area contributed by atoms with Crippen molar-refractivity contribution in [2.45, 2.75) is 13.0 Å². The minimum absolute atomic E-state index is 0.0539. The fourth-order valence-electron chi connectivity index (χ4n) is 2.74. The molecule has 3 rings (SSSR count). The van der Waals surface area contributed by atoms with Crippen LogP contribution in [0.3, 0.4) is 0 Å². The molecule has 0 radical (unpaired) electrons. The van der Waals surface area contributed by atoms with Crippen molar-refractivity contribution in [2.24, 2.45) is 5.73 Å². The lowest BCUT2D eigenvalue weighted by Crippen LogP contribution is -2.33. The molecular formula is C18H22FN5O2. The minimum Gasteiger partial charge on any atom is -0.494 e. The standard InChI is InChI=1S/C18H22FN5O2/c1-10-4-3-5-12(6-10)23-16-14-13(8-22-18(14)25)15(19)17(24-16)21-7-11(20)9-26-2/h3-6,8,11,21-22,25H,7,9,20H2,1-2H3,(H,23,24)/t11-/m1/s1. The Labute approximate surface area is 150 Å². The first-order valence-corrected chi connectivity index (χ1v) is 8.21. The van der Waals surface area contributed by atoms with Gasteiger partial charge in [-0.1, -0.05) is 12.1 Å². The van der Waals surface area contributed by atoms with Crippen molar-refractivity contribution in [3.63, 3.8) is 0 Å². The van der Waals surface area contributed by atoms with Gasteiger partial charge in [-0.05, 0) is 24.6 Å². The highest BCUT2D eigenvalue weighted by atomic mass is 19.1. The van der Waals surface area contributed by atoms with Crippen LogP contribution in [0.15, 0.2) is 30.5 Å². The summed E-state index contributed by atoms with van der Waals surface area (Å²) in [6.07, 6.45) is 1.41. The fraction of sp³-hybridized carbons (Fsp3) is 0.278. The van der Waals surface area contributed by atoms with E-state index in [0.29, 0.717) is 19.0 Å². The van der Waals surface area contributed by atoms with E-state index in [0.717, 1.165) is 11.3 Å². The first-order chi connectivity index (χ1) is 12.5. The molecule has 0 saturated carbocycles. The number of aromatic hydroxyl groups is 1. The predicted octanol–water partition coefficient (Wildman–Crippen LogP) is 2.85. The average Bonchev–Trinajstić information content (AvgIpc) is 2.99. The summed E-state index contributed by atoms with van der Waals surface area (Å²) in [4.78, 5) is 6.95. The second kappa shape index (κ2) is 7.59. The van der Waals surface area contributed by atoms with Gasteiger partial charge in [-0.2, -0.15) is 0 Å². The van der Waals surface area contributed by atoms with Gasteiger partial charge in [0.05, 0.1) is 12.0 Å². The molecule has 1 aromatic carbocycles. The van der Waals surface area contributed by atoms with E-state index >= 15 is 0 Å². The average molecular weight is 359 g/mol. The number of nitrogens with two attached hydrogens (primary N) is 1. The van der Waals surface area contributed by atoms with Crippen molar-refractivity contribution < 1.29 is 14.2 Å². The van der Waals surface area contributed by atoms with Crippen molar-refractivity contribution >= 4 is 28.1 Å². The third-order valence-corrected chi connectivity index (χ3v) is 3.96. The van der Waals surface area contributed by atoms with E-state index in [1.165, 1.54) is 6.20 Å². The summed E-state index contributed by atoms with van der Waals surface area (Å²) in [6.45, 7) is 2.61. The zero-order valence-electron chi connectivity index (χ0n) is 14.6. The van der Waals surface area contributed by atoms with E-state index < -0.39 is 5.82 Å². The first kappa shape index (κ1) is 18.0. The number of anilines is 3. The van der Waals surface area contributed by atoms with Crippen LogP contribution in [0.4, 0.5) is 21.7 Å². The van der Waals surface area contributed by atoms with Crippen molar-refractivity contribution in [3.05, 3.63) is 41.8 Å². The van der Waals surface area contributed by atoms with E-state index in [4.69, 9.17) is 10.5 Å². The van der Waals surface area contributed by atoms with E-state index in [2.05, 4.69) is 20.6 Å². The van der Waals surface area contributed by atoms with E-state index in [1.807, 2.05) is 31.2 Å². The van der Waals surface area contributed by atoms with Crippen LogP contribution in [0.2, 0.25) is 0 Å². The minimum atomic E-state index is -0.559. The summed E-state index contributed by atoms with van der Waals surface area (Å²) in [7, 11) is 1.55. The van der Waals surface area contributed by atoms with Crippen LogP contribution in [-0.4, -0.2) is 41.4 Å². The second-order valence-electron chi connectivity index (χ2n) is 6.14. The summed E-state index contributed by atoms with van der Waals surface area (Å²) in [5, 5.41) is 16.6. The molecule has 7 nitrogen and oxygen atoms in total. The number of nitrogens with one attached hydrogen (secondary N) is 3. The van der Waals surface area contributed by atoms with Gasteiger partial charge in [0.25, 0.3) is 0 Å². The maximum Gasteiger partial charge on any atom is 0.200 e. The summed E-state index contributed by atoms with van der Waals surface area (Å²) < 4.78 is 19.7. The van der Waals surface area contributed by atoms with Gasteiger partial charge < -0.3 is 31.2 Å². The highest BCUT2D eigenvalue weighted by molar-refractivity contribution is 5.99. The summed E-state index contributed by atoms with van der Waals surface area (Å²) >= 11 is 0. The van der Waals surface area contributed by atoms with Gasteiger partial charge in [0, 0.05) is 37.0 Å². The van der Waals surface area contributed by atoms with Crippen LogP contribution in [0.1, 0.15) is 5.56 Å². The van der Waals surface area contributed by atoms with Crippen LogP contribution >= 0.6 is 0 Å². The quantitative estimate of drug-likeness (QED) is 0.444. The third kappa shape index (κ3) is 3.71. The van der Waals surface area contributed by atoms with Crippen molar-refractivity contribution in [2.75, 3.05) is 30.9 Å². The van der Waals surface area contributed by atoms with Crippen LogP contribution in [0, 0.1) is 12.7 Å². The molecule has 0 bridgehead atoms. The Balaban J connectivity index is 1.98. The molecule has 0 fully saturated rings. The number of pyridine rings is 1. The zero-order chi connectivity index (χ0) is 18.7. The summed E-state index contributed by atoms with van der Waals surface area (Å²) in [5.74, 6) is -0.313. The number of aromatic nitrogens is 2. The molecule has 0 aliphatic rings. The van der Waals surface area contributed by atoms with Gasteiger partial charge in [0.15, 0.2) is 17.5 Å². The molecule has 6 N–H and O–H groups in total. The van der Waals surface area contributed by atoms with Gasteiger partial charge in [0.2, 0.25) is 0 Å². The molecule has 0 aliphatic heterocycles. The van der Waals surface area contributed by atoms with Crippen LogP contribution < -0.4 is 16.4 Å². The SMILES string of the molecule is COC[C@H](N)CNc1nc(Nc2cccc(C)c2)c2c(O)[nH]cc2c1F. The van der Waals surface area contributed by atoms with Gasteiger partial charge in [-0.15, -0.1) is 0 Å². The maximum absolute atomic E-state index is 14.7. The fourth-order valence-corrected chi connectivity index (χ4v) is 2.74. The second-order valence-corrected chi connectivity index (χ2v) is 6.14. The Morgan fingerprint density at radius 1 is 1.38 bits per heavy atom. The van der Waals surface area contributed by atoms with E-state index in [9.17, 15) is 9.50 Å². The molecule has 26 heavy (non-hydrogen) atoms. The number of rotatable bonds is 7. The van der Waals surface area contributed by atoms with E-state index in [-0.39, 0.29) is 28.5 Å². The molecular weight excluding hydrogens is 337 g/mol. The monoisotopic (exact) mass is 359 g/mol. The van der Waals surface area contributed by atoms with Gasteiger partial charge in [0.1, 0.15) is 5.82 Å². The van der Waals surface area contributed by atoms with Crippen LogP contribution in [0.5, 0.6) is 5.88 Å². The number of fused-ring (bicyclic) bond motifs is 1. The van der Waals surface area contributed by atoms with Crippen molar-refractivity contribution in [3.8, 4) is 5.88 Å². The Kier molecular flexibility index (Phi) is 5.24. The smallest absolute Gasteiger partial charge is 0.200 e. The molecule has 0 amide bonds. The van der Waals surface area contributed by atoms with Crippen LogP contribution in [0.25, 0.3) is 10.8 Å². The lowest BCUT2D eigenvalue weighted by atomic mass is 10.2. The zero-order valence-corrected chi connectivity index (χ0v) is 14.6. The van der Waals surface area contributed by atoms with Crippen LogP contribution in [-0.2, 0) is 4.74 Å². The lowest BCUT2D eigenvalue weighted by molar-refractivity contribution is 0.183. The van der Waals surface area contributed by atoms with Crippen molar-refractivity contribution in [1.82, 2.24) is 9.97 Å². The number of halogens is 1. The summed E-state index contributed by atoms with van der Waals surface area (Å²) in [6, 6.07) is 7.37. The Morgan fingerprint density at radius 2 is 2.19 bits per heavy atom. The largest absolute Gasteiger partial charge is 0.494 e. The van der Waals surface area contributed by atoms with Gasteiger partial charge in [-0.3, -0.25) is 0 Å². The molecule has 8 heteroatoms. The number of aromatic amines is 1. The molecule has 0 aliphatic carbocycles. The topological polar surface area (TPSA) is 108 Å². The number of benzene rings is 1. The number of hydrogen-bond acceptors (Lipinski definition) is 6. The first-order valence-electron chi connectivity index (χ1n) is 8.21. The molecule has 138 valence electrons. The number of H-pyrrole nitrogens is 1. The van der Waals surface area contributed by atoms with Crippen molar-refractivity contribution in [1.29, 1.82) is 0 Å². The highest BCUT2D eigenvalue weighted by Crippen LogP contribution is 2.36. The molecule has 1 atom stereocenters. The molecule has 0 saturated heterocycles. The number of methoxy groups -OCH3 is 1. The Bertz CT molecular complexity index is 912. The molecule has 2 aromatic heterocycles. The molecule has 2 heterocycles. The number of ether oxygens (including phenoxy) is 1. The normalized spacial score (nSPS) is 12.3.